The van der Waals surface area contributed by atoms with Crippen LogP contribution in [0, 0.1) is 13.8 Å². The smallest absolute Gasteiger partial charge is 0.167 e. The van der Waals surface area contributed by atoms with Crippen molar-refractivity contribution >= 4 is 28.8 Å². The number of hydrogen-bond donors (Lipinski definition) is 0. The summed E-state index contributed by atoms with van der Waals surface area (Å²) in [6.07, 6.45) is 6.45. The number of rotatable bonds is 5. The Hall–Kier alpha value is -3.03. The number of aromatic nitrogens is 3. The molecular formula is C26H31N5O2. The largest absolute Gasteiger partial charge is 0.383 e. The normalized spacial score (nSPS) is 19.2. The Morgan fingerprint density at radius 1 is 1.15 bits per heavy atom. The molecule has 2 aromatic heterocycles. The third-order valence-electron chi connectivity index (χ3n) is 6.79. The fourth-order valence-electron chi connectivity index (χ4n) is 5.01. The molecule has 1 saturated heterocycles. The average Bonchev–Trinajstić information content (AvgIpc) is 3.22. The topological polar surface area (TPSA) is 63.0 Å². The molecule has 172 valence electrons. The van der Waals surface area contributed by atoms with Crippen LogP contribution in [0.4, 0.5) is 5.69 Å². The Labute approximate surface area is 194 Å². The fraction of sp³-hybridized carbons (Fsp3) is 0.423. The predicted octanol–water partition coefficient (Wildman–Crippen LogP) is 3.63. The number of allylic oxidation sites excluding steroid dienone is 1. The first-order valence-electron chi connectivity index (χ1n) is 11.6. The SMILES string of the molecule is COCCN1CCN(c2ccc3c(c2)C(=O)CC(c2cn4cc(C)nc(C)c4n2)=C3)C[C@@H]1C. The number of carbonyl (C=O) groups excluding carboxylic acids is 1. The molecule has 33 heavy (non-hydrogen) atoms. The van der Waals surface area contributed by atoms with Gasteiger partial charge in [-0.15, -0.1) is 0 Å². The summed E-state index contributed by atoms with van der Waals surface area (Å²) >= 11 is 0. The van der Waals surface area contributed by atoms with E-state index in [9.17, 15) is 4.79 Å². The van der Waals surface area contributed by atoms with Crippen LogP contribution in [-0.2, 0) is 4.74 Å². The summed E-state index contributed by atoms with van der Waals surface area (Å²) in [5, 5.41) is 0. The maximum Gasteiger partial charge on any atom is 0.167 e. The third-order valence-corrected chi connectivity index (χ3v) is 6.79. The minimum atomic E-state index is 0.152. The molecule has 1 atom stereocenters. The average molecular weight is 446 g/mol. The number of methoxy groups -OCH3 is 1. The molecule has 7 nitrogen and oxygen atoms in total. The zero-order chi connectivity index (χ0) is 23.1. The van der Waals surface area contributed by atoms with Crippen LogP contribution in [0.5, 0.6) is 0 Å². The molecule has 1 aliphatic carbocycles. The number of ketones is 1. The van der Waals surface area contributed by atoms with Crippen LogP contribution in [0.15, 0.2) is 30.6 Å². The molecule has 2 aliphatic rings. The van der Waals surface area contributed by atoms with Gasteiger partial charge in [-0.2, -0.15) is 0 Å². The van der Waals surface area contributed by atoms with E-state index in [0.29, 0.717) is 12.5 Å². The third kappa shape index (κ3) is 4.18. The zero-order valence-electron chi connectivity index (χ0n) is 19.8. The first-order chi connectivity index (χ1) is 15.9. The number of aryl methyl sites for hydroxylation is 2. The molecule has 5 rings (SSSR count). The fourth-order valence-corrected chi connectivity index (χ4v) is 5.01. The monoisotopic (exact) mass is 445 g/mol. The summed E-state index contributed by atoms with van der Waals surface area (Å²) < 4.78 is 7.24. The number of hydrogen-bond acceptors (Lipinski definition) is 6. The minimum Gasteiger partial charge on any atom is -0.383 e. The van der Waals surface area contributed by atoms with Gasteiger partial charge in [0.05, 0.1) is 23.7 Å². The lowest BCUT2D eigenvalue weighted by atomic mass is 9.89. The Balaban J connectivity index is 1.39. The van der Waals surface area contributed by atoms with Crippen molar-refractivity contribution in [2.75, 3.05) is 44.8 Å². The summed E-state index contributed by atoms with van der Waals surface area (Å²) in [6, 6.07) is 6.74. The quantitative estimate of drug-likeness (QED) is 0.598. The number of fused-ring (bicyclic) bond motifs is 2. The summed E-state index contributed by atoms with van der Waals surface area (Å²) in [6.45, 7) is 10.8. The Morgan fingerprint density at radius 2 is 2.00 bits per heavy atom. The lowest BCUT2D eigenvalue weighted by Crippen LogP contribution is -2.52. The summed E-state index contributed by atoms with van der Waals surface area (Å²) in [5.74, 6) is 0.152. The lowest BCUT2D eigenvalue weighted by molar-refractivity contribution is 0.0997. The van der Waals surface area contributed by atoms with Crippen molar-refractivity contribution in [3.63, 3.8) is 0 Å². The molecule has 7 heteroatoms. The maximum absolute atomic E-state index is 13.1. The Kier molecular flexibility index (Phi) is 5.76. The van der Waals surface area contributed by atoms with E-state index in [0.717, 1.165) is 77.9 Å². The highest BCUT2D eigenvalue weighted by Gasteiger charge is 2.26. The summed E-state index contributed by atoms with van der Waals surface area (Å²) in [7, 11) is 1.75. The van der Waals surface area contributed by atoms with E-state index in [-0.39, 0.29) is 5.78 Å². The highest BCUT2D eigenvalue weighted by molar-refractivity contribution is 6.11. The number of imidazole rings is 1. The summed E-state index contributed by atoms with van der Waals surface area (Å²) in [4.78, 5) is 27.3. The summed E-state index contributed by atoms with van der Waals surface area (Å²) in [5.41, 5.74) is 7.39. The van der Waals surface area contributed by atoms with E-state index in [1.54, 1.807) is 7.11 Å². The van der Waals surface area contributed by atoms with E-state index in [1.165, 1.54) is 0 Å². The molecule has 0 radical (unpaired) electrons. The van der Waals surface area contributed by atoms with E-state index in [2.05, 4.69) is 46.0 Å². The van der Waals surface area contributed by atoms with Crippen molar-refractivity contribution in [1.82, 2.24) is 19.3 Å². The second kappa shape index (κ2) is 8.72. The molecule has 0 N–H and O–H groups in total. The van der Waals surface area contributed by atoms with Gasteiger partial charge < -0.3 is 14.0 Å². The number of nitrogens with zero attached hydrogens (tertiary/aromatic N) is 5. The zero-order valence-corrected chi connectivity index (χ0v) is 19.8. The molecule has 0 bridgehead atoms. The molecule has 3 aromatic rings. The van der Waals surface area contributed by atoms with Gasteiger partial charge in [-0.05, 0) is 50.1 Å². The van der Waals surface area contributed by atoms with Crippen LogP contribution in [-0.4, -0.2) is 71.0 Å². The van der Waals surface area contributed by atoms with Crippen LogP contribution in [0.2, 0.25) is 0 Å². The van der Waals surface area contributed by atoms with Crippen LogP contribution in [0.3, 0.4) is 0 Å². The highest BCUT2D eigenvalue weighted by atomic mass is 16.5. The van der Waals surface area contributed by atoms with Crippen LogP contribution < -0.4 is 4.90 Å². The number of piperazine rings is 1. The minimum absolute atomic E-state index is 0.152. The number of anilines is 1. The molecule has 1 aliphatic heterocycles. The molecule has 1 fully saturated rings. The van der Waals surface area contributed by atoms with Crippen LogP contribution in [0.1, 0.15) is 46.3 Å². The van der Waals surface area contributed by atoms with Crippen molar-refractivity contribution in [3.8, 4) is 0 Å². The van der Waals surface area contributed by atoms with Gasteiger partial charge in [-0.3, -0.25) is 14.7 Å². The molecule has 3 heterocycles. The number of carbonyl (C=O) groups is 1. The van der Waals surface area contributed by atoms with Gasteiger partial charge in [-0.1, -0.05) is 6.07 Å². The molecule has 1 aromatic carbocycles. The van der Waals surface area contributed by atoms with Crippen molar-refractivity contribution < 1.29 is 9.53 Å². The van der Waals surface area contributed by atoms with E-state index in [4.69, 9.17) is 9.72 Å². The van der Waals surface area contributed by atoms with Crippen molar-refractivity contribution in [2.24, 2.45) is 0 Å². The number of Topliss-reactive ketones (excluding diaryl/α,β-unsaturated/α-hetero) is 1. The molecule has 0 amide bonds. The molecule has 0 spiro atoms. The van der Waals surface area contributed by atoms with Crippen molar-refractivity contribution in [2.45, 2.75) is 33.2 Å². The van der Waals surface area contributed by atoms with E-state index >= 15 is 0 Å². The van der Waals surface area contributed by atoms with Crippen LogP contribution >= 0.6 is 0 Å². The second-order valence-corrected chi connectivity index (χ2v) is 9.19. The first kappa shape index (κ1) is 21.8. The number of ether oxygens (including phenoxy) is 1. The van der Waals surface area contributed by atoms with Crippen LogP contribution in [0.25, 0.3) is 17.3 Å². The highest BCUT2D eigenvalue weighted by Crippen LogP contribution is 2.33. The van der Waals surface area contributed by atoms with Gasteiger partial charge in [0, 0.05) is 69.4 Å². The van der Waals surface area contributed by atoms with Gasteiger partial charge in [0.15, 0.2) is 11.4 Å². The number of benzene rings is 1. The predicted molar refractivity (Wildman–Crippen MR) is 131 cm³/mol. The van der Waals surface area contributed by atoms with Crippen molar-refractivity contribution in [3.05, 3.63) is 58.8 Å². The molecular weight excluding hydrogens is 414 g/mol. The standard InChI is InChI=1S/C26H31N5O2/c1-17-14-31-16-24(28-26(31)19(3)27-17)21-11-20-5-6-22(13-23(20)25(32)12-21)30-8-7-29(9-10-33-4)18(2)15-30/h5-6,11,13-14,16,18H,7-10,12,15H2,1-4H3/t18-/m0/s1. The van der Waals surface area contributed by atoms with Crippen molar-refractivity contribution in [1.29, 1.82) is 0 Å². The van der Waals surface area contributed by atoms with Gasteiger partial charge in [0.25, 0.3) is 0 Å². The first-order valence-corrected chi connectivity index (χ1v) is 11.6. The van der Waals surface area contributed by atoms with Gasteiger partial charge in [0.2, 0.25) is 0 Å². The van der Waals surface area contributed by atoms with Gasteiger partial charge >= 0.3 is 0 Å². The van der Waals surface area contributed by atoms with Gasteiger partial charge in [-0.25, -0.2) is 4.98 Å². The molecule has 0 unspecified atom stereocenters. The van der Waals surface area contributed by atoms with E-state index < -0.39 is 0 Å². The van der Waals surface area contributed by atoms with Gasteiger partial charge in [0.1, 0.15) is 0 Å². The molecule has 0 saturated carbocycles. The van der Waals surface area contributed by atoms with E-state index in [1.807, 2.05) is 30.6 Å². The second-order valence-electron chi connectivity index (χ2n) is 9.19. The Bertz CT molecular complexity index is 1240. The Morgan fingerprint density at radius 3 is 2.79 bits per heavy atom. The maximum atomic E-state index is 13.1. The lowest BCUT2D eigenvalue weighted by Gasteiger charge is -2.41.